The quantitative estimate of drug-likeness (QED) is 0.662. The van der Waals surface area contributed by atoms with Crippen molar-refractivity contribution in [1.82, 2.24) is 5.32 Å². The lowest BCUT2D eigenvalue weighted by atomic mass is 9.94. The van der Waals surface area contributed by atoms with Gasteiger partial charge in [-0.1, -0.05) is 62.4 Å². The molecule has 0 aromatic heterocycles. The van der Waals surface area contributed by atoms with E-state index in [2.05, 4.69) is 82.4 Å². The first kappa shape index (κ1) is 20.5. The van der Waals surface area contributed by atoms with Gasteiger partial charge in [0.2, 0.25) is 0 Å². The van der Waals surface area contributed by atoms with Gasteiger partial charge >= 0.3 is 0 Å². The summed E-state index contributed by atoms with van der Waals surface area (Å²) in [7, 11) is 0. The molecule has 2 aromatic carbocycles. The number of benzene rings is 2. The molecule has 3 heteroatoms. The molecular weight excluding hydrogens is 318 g/mol. The lowest BCUT2D eigenvalue weighted by Gasteiger charge is -2.31. The Labute approximate surface area is 153 Å². The molecule has 0 amide bonds. The van der Waals surface area contributed by atoms with Crippen LogP contribution in [-0.4, -0.2) is 6.23 Å². The Bertz CT molecular complexity index is 610. The molecule has 132 valence electrons. The van der Waals surface area contributed by atoms with Crippen LogP contribution in [0.1, 0.15) is 45.7 Å². The Balaban J connectivity index is 0.00000288. The number of hydrogen-bond acceptors (Lipinski definition) is 2. The van der Waals surface area contributed by atoms with Crippen LogP contribution in [0.25, 0.3) is 0 Å². The van der Waals surface area contributed by atoms with Gasteiger partial charge in [-0.2, -0.15) is 0 Å². The van der Waals surface area contributed by atoms with Gasteiger partial charge in [0, 0.05) is 5.54 Å². The molecule has 2 aromatic rings. The Morgan fingerprint density at radius 2 is 1.50 bits per heavy atom. The summed E-state index contributed by atoms with van der Waals surface area (Å²) >= 11 is 0. The molecule has 2 rings (SSSR count). The predicted molar refractivity (Wildman–Crippen MR) is 105 cm³/mol. The van der Waals surface area contributed by atoms with E-state index in [-0.39, 0.29) is 24.2 Å². The molecule has 1 unspecified atom stereocenters. The average molecular weight is 348 g/mol. The zero-order valence-electron chi connectivity index (χ0n) is 15.4. The van der Waals surface area contributed by atoms with Gasteiger partial charge in [-0.05, 0) is 50.3 Å². The summed E-state index contributed by atoms with van der Waals surface area (Å²) in [6.45, 7) is 10.9. The van der Waals surface area contributed by atoms with E-state index in [9.17, 15) is 0 Å². The third kappa shape index (κ3) is 5.85. The lowest BCUT2D eigenvalue weighted by molar-refractivity contribution is 0.139. The van der Waals surface area contributed by atoms with Crippen LogP contribution >= 0.6 is 12.4 Å². The zero-order chi connectivity index (χ0) is 16.9. The highest BCUT2D eigenvalue weighted by molar-refractivity contribution is 5.85. The van der Waals surface area contributed by atoms with Crippen molar-refractivity contribution in [2.75, 3.05) is 0 Å². The SMILES string of the molecule is CC(C)Cc1ccccc1OC(C)NC(C)(C)c1ccccc1.Cl. The van der Waals surface area contributed by atoms with E-state index in [4.69, 9.17) is 4.74 Å². The van der Waals surface area contributed by atoms with Crippen molar-refractivity contribution in [3.63, 3.8) is 0 Å². The summed E-state index contributed by atoms with van der Waals surface area (Å²) < 4.78 is 6.19. The zero-order valence-corrected chi connectivity index (χ0v) is 16.2. The van der Waals surface area contributed by atoms with Crippen LogP contribution in [0.4, 0.5) is 0 Å². The third-order valence-corrected chi connectivity index (χ3v) is 3.96. The molecule has 0 heterocycles. The van der Waals surface area contributed by atoms with Crippen molar-refractivity contribution >= 4 is 12.4 Å². The van der Waals surface area contributed by atoms with Gasteiger partial charge in [0.05, 0.1) is 0 Å². The minimum absolute atomic E-state index is 0. The fraction of sp³-hybridized carbons (Fsp3) is 0.429. The fourth-order valence-corrected chi connectivity index (χ4v) is 2.89. The Morgan fingerprint density at radius 1 is 0.917 bits per heavy atom. The Hall–Kier alpha value is -1.51. The van der Waals surface area contributed by atoms with E-state index in [1.807, 2.05) is 12.1 Å². The number of nitrogens with one attached hydrogen (secondary N) is 1. The monoisotopic (exact) mass is 347 g/mol. The third-order valence-electron chi connectivity index (χ3n) is 3.96. The summed E-state index contributed by atoms with van der Waals surface area (Å²) in [5, 5.41) is 3.58. The Morgan fingerprint density at radius 3 is 2.12 bits per heavy atom. The first-order valence-electron chi connectivity index (χ1n) is 8.46. The number of hydrogen-bond donors (Lipinski definition) is 1. The first-order valence-corrected chi connectivity index (χ1v) is 8.46. The standard InChI is InChI=1S/C21H29NO.ClH/c1-16(2)15-18-11-9-10-14-20(18)23-17(3)22-21(4,5)19-12-7-6-8-13-19;/h6-14,16-17,22H,15H2,1-5H3;1H. The van der Waals surface area contributed by atoms with Crippen LogP contribution in [0.2, 0.25) is 0 Å². The predicted octanol–water partition coefficient (Wildman–Crippen LogP) is 5.56. The van der Waals surface area contributed by atoms with Crippen molar-refractivity contribution in [1.29, 1.82) is 0 Å². The molecule has 0 saturated carbocycles. The van der Waals surface area contributed by atoms with E-state index in [0.717, 1.165) is 12.2 Å². The summed E-state index contributed by atoms with van der Waals surface area (Å²) in [6, 6.07) is 18.8. The normalized spacial score (nSPS) is 12.6. The van der Waals surface area contributed by atoms with E-state index in [0.29, 0.717) is 5.92 Å². The summed E-state index contributed by atoms with van der Waals surface area (Å²) in [5.41, 5.74) is 2.38. The molecule has 1 N–H and O–H groups in total. The van der Waals surface area contributed by atoms with Crippen LogP contribution in [0.5, 0.6) is 5.75 Å². The molecule has 0 radical (unpaired) electrons. The van der Waals surface area contributed by atoms with Crippen molar-refractivity contribution in [2.45, 2.75) is 52.8 Å². The van der Waals surface area contributed by atoms with E-state index >= 15 is 0 Å². The van der Waals surface area contributed by atoms with Crippen LogP contribution < -0.4 is 10.1 Å². The number of ether oxygens (including phenoxy) is 1. The van der Waals surface area contributed by atoms with Crippen molar-refractivity contribution in [2.24, 2.45) is 5.92 Å². The molecule has 0 aliphatic rings. The van der Waals surface area contributed by atoms with Gasteiger partial charge < -0.3 is 4.74 Å². The first-order chi connectivity index (χ1) is 10.9. The summed E-state index contributed by atoms with van der Waals surface area (Å²) in [5.74, 6) is 1.59. The Kier molecular flexibility index (Phi) is 7.78. The largest absolute Gasteiger partial charge is 0.475 e. The van der Waals surface area contributed by atoms with E-state index in [1.165, 1.54) is 11.1 Å². The van der Waals surface area contributed by atoms with Gasteiger partial charge in [0.25, 0.3) is 0 Å². The molecule has 0 bridgehead atoms. The topological polar surface area (TPSA) is 21.3 Å². The van der Waals surface area contributed by atoms with Gasteiger partial charge in [-0.3, -0.25) is 5.32 Å². The molecule has 0 aliphatic heterocycles. The fourth-order valence-electron chi connectivity index (χ4n) is 2.89. The maximum Gasteiger partial charge on any atom is 0.148 e. The lowest BCUT2D eigenvalue weighted by Crippen LogP contribution is -2.45. The van der Waals surface area contributed by atoms with Crippen molar-refractivity contribution in [3.8, 4) is 5.75 Å². The molecule has 0 fully saturated rings. The molecule has 0 saturated heterocycles. The minimum atomic E-state index is -0.145. The smallest absolute Gasteiger partial charge is 0.148 e. The van der Waals surface area contributed by atoms with Crippen LogP contribution in [0, 0.1) is 5.92 Å². The highest BCUT2D eigenvalue weighted by atomic mass is 35.5. The van der Waals surface area contributed by atoms with Gasteiger partial charge in [0.15, 0.2) is 0 Å². The van der Waals surface area contributed by atoms with Gasteiger partial charge in [-0.15, -0.1) is 12.4 Å². The molecular formula is C21H30ClNO. The van der Waals surface area contributed by atoms with Crippen molar-refractivity contribution < 1.29 is 4.74 Å². The molecule has 24 heavy (non-hydrogen) atoms. The maximum absolute atomic E-state index is 6.19. The summed E-state index contributed by atoms with van der Waals surface area (Å²) in [4.78, 5) is 0. The molecule has 2 nitrogen and oxygen atoms in total. The summed E-state index contributed by atoms with van der Waals surface area (Å²) in [6.07, 6.45) is 0.962. The van der Waals surface area contributed by atoms with E-state index < -0.39 is 0 Å². The maximum atomic E-state index is 6.19. The number of halogens is 1. The average Bonchev–Trinajstić information content (AvgIpc) is 2.49. The van der Waals surface area contributed by atoms with Gasteiger partial charge in [-0.25, -0.2) is 0 Å². The van der Waals surface area contributed by atoms with E-state index in [1.54, 1.807) is 0 Å². The molecule has 0 spiro atoms. The number of para-hydroxylation sites is 1. The van der Waals surface area contributed by atoms with Crippen LogP contribution in [-0.2, 0) is 12.0 Å². The molecule has 1 atom stereocenters. The number of rotatable bonds is 7. The minimum Gasteiger partial charge on any atom is -0.475 e. The second kappa shape index (κ2) is 9.10. The molecule has 0 aliphatic carbocycles. The van der Waals surface area contributed by atoms with Gasteiger partial charge in [0.1, 0.15) is 12.0 Å². The van der Waals surface area contributed by atoms with Crippen molar-refractivity contribution in [3.05, 3.63) is 65.7 Å². The second-order valence-electron chi connectivity index (χ2n) is 7.10. The highest BCUT2D eigenvalue weighted by Gasteiger charge is 2.23. The highest BCUT2D eigenvalue weighted by Crippen LogP contribution is 2.24. The van der Waals surface area contributed by atoms with Crippen LogP contribution in [0.15, 0.2) is 54.6 Å². The van der Waals surface area contributed by atoms with Crippen LogP contribution in [0.3, 0.4) is 0 Å². The second-order valence-corrected chi connectivity index (χ2v) is 7.10.